The van der Waals surface area contributed by atoms with Gasteiger partial charge >= 0.3 is 0 Å². The molecular weight excluding hydrogens is 366 g/mol. The van der Waals surface area contributed by atoms with Crippen LogP contribution in [0.25, 0.3) is 11.4 Å². The summed E-state index contributed by atoms with van der Waals surface area (Å²) in [6.07, 6.45) is 9.54. The Labute approximate surface area is 162 Å². The van der Waals surface area contributed by atoms with Crippen molar-refractivity contribution in [1.29, 1.82) is 0 Å². The molecular formula is C19H22ClN5O2. The van der Waals surface area contributed by atoms with E-state index in [1.54, 1.807) is 18.7 Å². The highest BCUT2D eigenvalue weighted by atomic mass is 35.5. The Bertz CT molecular complexity index is 880. The number of ether oxygens (including phenoxy) is 1. The number of nitrogens with one attached hydrogen (secondary N) is 1. The molecule has 0 aliphatic carbocycles. The lowest BCUT2D eigenvalue weighted by molar-refractivity contribution is 0.151. The molecule has 4 rings (SSSR count). The number of β-amino-alcohol motifs (C(OH)–C–C–N with tert-alkyl or cyclic N) is 1. The largest absolute Gasteiger partial charge is 0.493 e. The molecule has 0 amide bonds. The van der Waals surface area contributed by atoms with Crippen LogP contribution in [0.2, 0.25) is 5.02 Å². The van der Waals surface area contributed by atoms with Gasteiger partial charge in [0, 0.05) is 49.4 Å². The van der Waals surface area contributed by atoms with E-state index in [0.717, 1.165) is 30.1 Å². The van der Waals surface area contributed by atoms with Crippen LogP contribution < -0.4 is 10.1 Å². The van der Waals surface area contributed by atoms with Crippen LogP contribution in [0.1, 0.15) is 12.5 Å². The van der Waals surface area contributed by atoms with Gasteiger partial charge in [0.25, 0.3) is 0 Å². The van der Waals surface area contributed by atoms with Crippen molar-refractivity contribution >= 4 is 11.6 Å². The molecule has 8 heteroatoms. The fourth-order valence-electron chi connectivity index (χ4n) is 3.38. The molecule has 1 aromatic carbocycles. The number of aliphatic hydroxyl groups excluding tert-OH is 1. The molecule has 3 aromatic rings. The highest BCUT2D eigenvalue weighted by Gasteiger charge is 2.29. The monoisotopic (exact) mass is 387 g/mol. The van der Waals surface area contributed by atoms with Crippen LogP contribution in [0, 0.1) is 0 Å². The smallest absolute Gasteiger partial charge is 0.144 e. The molecule has 2 aromatic heterocycles. The summed E-state index contributed by atoms with van der Waals surface area (Å²) in [6.45, 7) is 2.69. The highest BCUT2D eigenvalue weighted by molar-refractivity contribution is 6.30. The lowest BCUT2D eigenvalue weighted by Crippen LogP contribution is -2.22. The highest BCUT2D eigenvalue weighted by Crippen LogP contribution is 2.34. The van der Waals surface area contributed by atoms with E-state index in [2.05, 4.69) is 15.3 Å². The Hall–Kier alpha value is -2.35. The van der Waals surface area contributed by atoms with Crippen molar-refractivity contribution in [3.8, 4) is 17.1 Å². The number of nitrogens with zero attached hydrogens (tertiary/aromatic N) is 4. The number of aryl methyl sites for hydroxylation is 1. The second-order valence-electron chi connectivity index (χ2n) is 6.59. The number of halogens is 1. The molecule has 0 radical (unpaired) electrons. The third kappa shape index (κ3) is 4.00. The van der Waals surface area contributed by atoms with E-state index in [9.17, 15) is 5.11 Å². The van der Waals surface area contributed by atoms with Crippen molar-refractivity contribution in [2.75, 3.05) is 19.7 Å². The van der Waals surface area contributed by atoms with Gasteiger partial charge in [0.2, 0.25) is 0 Å². The van der Waals surface area contributed by atoms with Crippen LogP contribution in [0.5, 0.6) is 5.75 Å². The molecule has 1 fully saturated rings. The minimum atomic E-state index is -0.448. The normalized spacial score (nSPS) is 19.5. The maximum atomic E-state index is 10.2. The summed E-state index contributed by atoms with van der Waals surface area (Å²) < 4.78 is 10.1. The van der Waals surface area contributed by atoms with Crippen LogP contribution in [0.4, 0.5) is 0 Å². The summed E-state index contributed by atoms with van der Waals surface area (Å²) in [6, 6.07) is 5.49. The van der Waals surface area contributed by atoms with Gasteiger partial charge in [0.15, 0.2) is 0 Å². The molecule has 0 spiro atoms. The summed E-state index contributed by atoms with van der Waals surface area (Å²) in [5.74, 6) is 1.48. The first kappa shape index (κ1) is 18.0. The van der Waals surface area contributed by atoms with Crippen molar-refractivity contribution in [3.05, 3.63) is 54.3 Å². The molecule has 0 saturated carbocycles. The second-order valence-corrected chi connectivity index (χ2v) is 7.03. The SMILES string of the molecule is O[C@H]1CNC[C@H]1n1ccnc1-c1cc(Cl)ccc1OCCCn1ccnc1. The lowest BCUT2D eigenvalue weighted by Gasteiger charge is -2.19. The standard InChI is InChI=1S/C19H22ClN5O2/c20-14-2-3-18(27-9-1-6-24-7-4-21-13-24)15(10-14)19-23-5-8-25(19)16-11-22-12-17(16)26/h2-5,7-8,10,13,16-17,22,26H,1,6,9,11-12H2/t16-,17+/m1/s1. The van der Waals surface area contributed by atoms with E-state index in [1.807, 2.05) is 39.7 Å². The van der Waals surface area contributed by atoms with E-state index < -0.39 is 6.10 Å². The van der Waals surface area contributed by atoms with Crippen molar-refractivity contribution in [2.24, 2.45) is 0 Å². The summed E-state index contributed by atoms with van der Waals surface area (Å²) in [5, 5.41) is 14.1. The molecule has 7 nitrogen and oxygen atoms in total. The van der Waals surface area contributed by atoms with Gasteiger partial charge in [-0.05, 0) is 24.6 Å². The average Bonchev–Trinajstić information content (AvgIpc) is 3.41. The molecule has 142 valence electrons. The van der Waals surface area contributed by atoms with Crippen LogP contribution in [-0.2, 0) is 6.54 Å². The maximum Gasteiger partial charge on any atom is 0.144 e. The Morgan fingerprint density at radius 1 is 1.26 bits per heavy atom. The number of rotatable bonds is 7. The predicted molar refractivity (Wildman–Crippen MR) is 103 cm³/mol. The number of aliphatic hydroxyl groups is 1. The average molecular weight is 388 g/mol. The van der Waals surface area contributed by atoms with Crippen molar-refractivity contribution in [1.82, 2.24) is 24.4 Å². The van der Waals surface area contributed by atoms with Crippen LogP contribution >= 0.6 is 11.6 Å². The van der Waals surface area contributed by atoms with Crippen LogP contribution in [0.15, 0.2) is 49.3 Å². The molecule has 1 aliphatic heterocycles. The van der Waals surface area contributed by atoms with Gasteiger partial charge in [-0.15, -0.1) is 0 Å². The first-order chi connectivity index (χ1) is 13.2. The van der Waals surface area contributed by atoms with Gasteiger partial charge in [-0.2, -0.15) is 0 Å². The van der Waals surface area contributed by atoms with Gasteiger partial charge in [0.1, 0.15) is 11.6 Å². The zero-order chi connectivity index (χ0) is 18.6. The molecule has 0 unspecified atom stereocenters. The maximum absolute atomic E-state index is 10.2. The van der Waals surface area contributed by atoms with Crippen molar-refractivity contribution < 1.29 is 9.84 Å². The second kappa shape index (κ2) is 8.12. The quantitative estimate of drug-likeness (QED) is 0.609. The Kier molecular flexibility index (Phi) is 5.42. The fraction of sp³-hybridized carbons (Fsp3) is 0.368. The van der Waals surface area contributed by atoms with Gasteiger partial charge < -0.3 is 24.3 Å². The van der Waals surface area contributed by atoms with E-state index in [1.165, 1.54) is 0 Å². The molecule has 1 saturated heterocycles. The van der Waals surface area contributed by atoms with Crippen LogP contribution in [-0.4, -0.2) is 50.0 Å². The predicted octanol–water partition coefficient (Wildman–Crippen LogP) is 2.37. The van der Waals surface area contributed by atoms with E-state index in [4.69, 9.17) is 16.3 Å². The summed E-state index contributed by atoms with van der Waals surface area (Å²) in [5.41, 5.74) is 0.828. The number of hydrogen-bond acceptors (Lipinski definition) is 5. The van der Waals surface area contributed by atoms with Crippen molar-refractivity contribution in [3.63, 3.8) is 0 Å². The molecule has 3 heterocycles. The summed E-state index contributed by atoms with van der Waals surface area (Å²) in [7, 11) is 0. The first-order valence-corrected chi connectivity index (χ1v) is 9.40. The number of aromatic nitrogens is 4. The molecule has 2 atom stereocenters. The molecule has 0 bridgehead atoms. The molecule has 2 N–H and O–H groups in total. The van der Waals surface area contributed by atoms with E-state index >= 15 is 0 Å². The fourth-order valence-corrected chi connectivity index (χ4v) is 3.55. The van der Waals surface area contributed by atoms with E-state index in [0.29, 0.717) is 24.7 Å². The minimum absolute atomic E-state index is 0.0597. The van der Waals surface area contributed by atoms with Crippen molar-refractivity contribution in [2.45, 2.75) is 25.1 Å². The third-order valence-electron chi connectivity index (χ3n) is 4.74. The zero-order valence-electron chi connectivity index (χ0n) is 14.8. The molecule has 27 heavy (non-hydrogen) atoms. The topological polar surface area (TPSA) is 77.1 Å². The molecule has 1 aliphatic rings. The number of benzene rings is 1. The Morgan fingerprint density at radius 3 is 2.96 bits per heavy atom. The van der Waals surface area contributed by atoms with Gasteiger partial charge in [0.05, 0.1) is 30.6 Å². The summed E-state index contributed by atoms with van der Waals surface area (Å²) in [4.78, 5) is 8.55. The van der Waals surface area contributed by atoms with Crippen LogP contribution in [0.3, 0.4) is 0 Å². The Balaban J connectivity index is 1.52. The third-order valence-corrected chi connectivity index (χ3v) is 4.97. The van der Waals surface area contributed by atoms with Gasteiger partial charge in [-0.1, -0.05) is 11.6 Å². The number of hydrogen-bond donors (Lipinski definition) is 2. The summed E-state index contributed by atoms with van der Waals surface area (Å²) >= 11 is 6.24. The Morgan fingerprint density at radius 2 is 2.19 bits per heavy atom. The lowest BCUT2D eigenvalue weighted by atomic mass is 10.1. The first-order valence-electron chi connectivity index (χ1n) is 9.02. The van der Waals surface area contributed by atoms with Gasteiger partial charge in [-0.3, -0.25) is 0 Å². The van der Waals surface area contributed by atoms with E-state index in [-0.39, 0.29) is 6.04 Å². The zero-order valence-corrected chi connectivity index (χ0v) is 15.6. The van der Waals surface area contributed by atoms with Gasteiger partial charge in [-0.25, -0.2) is 9.97 Å². The number of imidazole rings is 2. The minimum Gasteiger partial charge on any atom is -0.493 e.